The summed E-state index contributed by atoms with van der Waals surface area (Å²) >= 11 is 5.23. The van der Waals surface area contributed by atoms with Crippen LogP contribution in [0.3, 0.4) is 0 Å². The average Bonchev–Trinajstić information content (AvgIpc) is 3.13. The lowest BCUT2D eigenvalue weighted by Crippen LogP contribution is -2.34. The number of aromatic nitrogens is 2. The second kappa shape index (κ2) is 7.58. The van der Waals surface area contributed by atoms with Gasteiger partial charge in [0.15, 0.2) is 16.3 Å². The zero-order valence-electron chi connectivity index (χ0n) is 15.0. The van der Waals surface area contributed by atoms with E-state index in [0.29, 0.717) is 22.7 Å². The van der Waals surface area contributed by atoms with Crippen LogP contribution in [0.5, 0.6) is 0 Å². The van der Waals surface area contributed by atoms with Crippen molar-refractivity contribution < 1.29 is 9.21 Å². The third-order valence-corrected chi connectivity index (χ3v) is 4.30. The molecule has 7 heteroatoms. The molecule has 0 aliphatic carbocycles. The van der Waals surface area contributed by atoms with Crippen LogP contribution < -0.4 is 10.6 Å². The molecule has 2 N–H and O–H groups in total. The molecule has 0 bridgehead atoms. The summed E-state index contributed by atoms with van der Waals surface area (Å²) in [5, 5.41) is 5.89. The van der Waals surface area contributed by atoms with Gasteiger partial charge in [-0.3, -0.25) is 10.1 Å². The van der Waals surface area contributed by atoms with Gasteiger partial charge in [0.05, 0.1) is 0 Å². The van der Waals surface area contributed by atoms with Gasteiger partial charge in [-0.1, -0.05) is 17.7 Å². The number of nitrogens with zero attached hydrogens (tertiary/aromatic N) is 2. The van der Waals surface area contributed by atoms with Gasteiger partial charge in [-0.15, -0.1) is 0 Å². The van der Waals surface area contributed by atoms with Crippen molar-refractivity contribution in [1.29, 1.82) is 0 Å². The topological polar surface area (TPSA) is 80.0 Å². The molecule has 2 aromatic heterocycles. The molecule has 2 heterocycles. The minimum atomic E-state index is -0.256. The number of benzene rings is 2. The molecule has 28 heavy (non-hydrogen) atoms. The number of hydrogen-bond acceptors (Lipinski definition) is 5. The molecule has 0 saturated heterocycles. The summed E-state index contributed by atoms with van der Waals surface area (Å²) in [6.45, 7) is 1.97. The SMILES string of the molecule is Cc1ccc(C(=O)NC(=S)Nc2ccc(-c3nc4ncccc4o3)cc2)cc1. The molecule has 0 aliphatic rings. The quantitative estimate of drug-likeness (QED) is 0.509. The van der Waals surface area contributed by atoms with Gasteiger partial charge >= 0.3 is 0 Å². The van der Waals surface area contributed by atoms with E-state index in [1.165, 1.54) is 0 Å². The summed E-state index contributed by atoms with van der Waals surface area (Å²) in [6, 6.07) is 18.3. The van der Waals surface area contributed by atoms with Crippen LogP contribution in [0.1, 0.15) is 15.9 Å². The van der Waals surface area contributed by atoms with Gasteiger partial charge < -0.3 is 9.73 Å². The normalized spacial score (nSPS) is 10.6. The van der Waals surface area contributed by atoms with Crippen molar-refractivity contribution in [1.82, 2.24) is 15.3 Å². The van der Waals surface area contributed by atoms with E-state index in [9.17, 15) is 4.79 Å². The molecular formula is C21H16N4O2S. The number of nitrogens with one attached hydrogen (secondary N) is 2. The van der Waals surface area contributed by atoms with Gasteiger partial charge in [0, 0.05) is 23.0 Å². The maximum absolute atomic E-state index is 12.2. The van der Waals surface area contributed by atoms with Crippen LogP contribution in [0.4, 0.5) is 5.69 Å². The first-order chi connectivity index (χ1) is 13.6. The molecule has 1 amide bonds. The number of carbonyl (C=O) groups excluding carboxylic acids is 1. The number of pyridine rings is 1. The Morgan fingerprint density at radius 1 is 1.04 bits per heavy atom. The van der Waals surface area contributed by atoms with E-state index < -0.39 is 0 Å². The van der Waals surface area contributed by atoms with E-state index >= 15 is 0 Å². The lowest BCUT2D eigenvalue weighted by molar-refractivity contribution is 0.0977. The van der Waals surface area contributed by atoms with Gasteiger partial charge in [0.2, 0.25) is 5.89 Å². The summed E-state index contributed by atoms with van der Waals surface area (Å²) in [5.41, 5.74) is 4.41. The molecule has 0 radical (unpaired) electrons. The average molecular weight is 388 g/mol. The third-order valence-electron chi connectivity index (χ3n) is 4.10. The van der Waals surface area contributed by atoms with Crippen LogP contribution in [-0.4, -0.2) is 21.0 Å². The zero-order valence-corrected chi connectivity index (χ0v) is 15.8. The summed E-state index contributed by atoms with van der Waals surface area (Å²) in [7, 11) is 0. The van der Waals surface area contributed by atoms with Gasteiger partial charge in [0.25, 0.3) is 5.91 Å². The van der Waals surface area contributed by atoms with Gasteiger partial charge in [-0.05, 0) is 67.7 Å². The molecule has 0 saturated carbocycles. The lowest BCUT2D eigenvalue weighted by atomic mass is 10.1. The molecule has 2 aromatic carbocycles. The van der Waals surface area contributed by atoms with Crippen LogP contribution in [-0.2, 0) is 0 Å². The fourth-order valence-corrected chi connectivity index (χ4v) is 2.84. The Bertz CT molecular complexity index is 1120. The number of aryl methyl sites for hydroxylation is 1. The van der Waals surface area contributed by atoms with E-state index in [2.05, 4.69) is 20.6 Å². The van der Waals surface area contributed by atoms with E-state index in [-0.39, 0.29) is 11.0 Å². The highest BCUT2D eigenvalue weighted by Crippen LogP contribution is 2.24. The number of oxazole rings is 1. The molecule has 4 rings (SSSR count). The molecule has 0 unspecified atom stereocenters. The van der Waals surface area contributed by atoms with Crippen molar-refractivity contribution in [3.05, 3.63) is 78.0 Å². The van der Waals surface area contributed by atoms with Crippen LogP contribution >= 0.6 is 12.2 Å². The highest BCUT2D eigenvalue weighted by molar-refractivity contribution is 7.80. The molecule has 4 aromatic rings. The zero-order chi connectivity index (χ0) is 19.5. The number of carbonyl (C=O) groups is 1. The number of anilines is 1. The Balaban J connectivity index is 1.41. The van der Waals surface area contributed by atoms with Crippen molar-refractivity contribution in [2.75, 3.05) is 5.32 Å². The van der Waals surface area contributed by atoms with Gasteiger partial charge in [-0.25, -0.2) is 4.98 Å². The van der Waals surface area contributed by atoms with E-state index in [4.69, 9.17) is 16.6 Å². The van der Waals surface area contributed by atoms with E-state index in [1.54, 1.807) is 24.4 Å². The van der Waals surface area contributed by atoms with Crippen molar-refractivity contribution in [2.24, 2.45) is 0 Å². The van der Waals surface area contributed by atoms with Gasteiger partial charge in [0.1, 0.15) is 0 Å². The largest absolute Gasteiger partial charge is 0.434 e. The summed E-state index contributed by atoms with van der Waals surface area (Å²) in [6.07, 6.45) is 1.67. The monoisotopic (exact) mass is 388 g/mol. The molecule has 0 fully saturated rings. The maximum atomic E-state index is 12.2. The fraction of sp³-hybridized carbons (Fsp3) is 0.0476. The van der Waals surface area contributed by atoms with Crippen LogP contribution in [0.15, 0.2) is 71.3 Å². The van der Waals surface area contributed by atoms with Crippen LogP contribution in [0.2, 0.25) is 0 Å². The van der Waals surface area contributed by atoms with Gasteiger partial charge in [-0.2, -0.15) is 4.98 Å². The highest BCUT2D eigenvalue weighted by Gasteiger charge is 2.10. The number of hydrogen-bond donors (Lipinski definition) is 2. The van der Waals surface area contributed by atoms with Crippen molar-refractivity contribution in [2.45, 2.75) is 6.92 Å². The minimum Gasteiger partial charge on any atom is -0.434 e. The Kier molecular flexibility index (Phi) is 4.82. The molecule has 138 valence electrons. The van der Waals surface area contributed by atoms with Crippen molar-refractivity contribution >= 4 is 40.2 Å². The number of thiocarbonyl (C=S) groups is 1. The first-order valence-corrected chi connectivity index (χ1v) is 9.00. The van der Waals surface area contributed by atoms with Crippen LogP contribution in [0, 0.1) is 6.92 Å². The van der Waals surface area contributed by atoms with Crippen molar-refractivity contribution in [3.63, 3.8) is 0 Å². The summed E-state index contributed by atoms with van der Waals surface area (Å²) in [4.78, 5) is 20.8. The number of amides is 1. The second-order valence-electron chi connectivity index (χ2n) is 6.20. The fourth-order valence-electron chi connectivity index (χ4n) is 2.63. The number of rotatable bonds is 3. The Morgan fingerprint density at radius 2 is 1.79 bits per heavy atom. The standard InChI is InChI=1S/C21H16N4O2S/c1-13-4-6-14(7-5-13)19(26)25-21(28)23-16-10-8-15(9-11-16)20-24-18-17(27-20)3-2-12-22-18/h2-12H,1H3,(H2,23,25,26,28). The molecular weight excluding hydrogens is 372 g/mol. The first-order valence-electron chi connectivity index (χ1n) is 8.59. The molecule has 0 spiro atoms. The van der Waals surface area contributed by atoms with E-state index in [1.807, 2.05) is 49.4 Å². The second-order valence-corrected chi connectivity index (χ2v) is 6.60. The predicted molar refractivity (Wildman–Crippen MR) is 112 cm³/mol. The van der Waals surface area contributed by atoms with Crippen molar-refractivity contribution in [3.8, 4) is 11.5 Å². The molecule has 0 aliphatic heterocycles. The highest BCUT2D eigenvalue weighted by atomic mass is 32.1. The number of fused-ring (bicyclic) bond motifs is 1. The minimum absolute atomic E-state index is 0.226. The summed E-state index contributed by atoms with van der Waals surface area (Å²) < 4.78 is 5.71. The van der Waals surface area contributed by atoms with E-state index in [0.717, 1.165) is 16.8 Å². The Morgan fingerprint density at radius 3 is 2.50 bits per heavy atom. The lowest BCUT2D eigenvalue weighted by Gasteiger charge is -2.10. The molecule has 0 atom stereocenters. The smallest absolute Gasteiger partial charge is 0.257 e. The maximum Gasteiger partial charge on any atom is 0.257 e. The third kappa shape index (κ3) is 3.89. The Labute approximate surface area is 166 Å². The first kappa shape index (κ1) is 17.8. The van der Waals surface area contributed by atoms with Crippen LogP contribution in [0.25, 0.3) is 22.7 Å². The predicted octanol–water partition coefficient (Wildman–Crippen LogP) is 4.33. The molecule has 6 nitrogen and oxygen atoms in total. The Hall–Kier alpha value is -3.58. The summed E-state index contributed by atoms with van der Waals surface area (Å²) in [5.74, 6) is 0.239.